The van der Waals surface area contributed by atoms with Gasteiger partial charge in [0, 0.05) is 28.5 Å². The molecule has 1 N–H and O–H groups in total. The Kier molecular flexibility index (Phi) is 4.25. The van der Waals surface area contributed by atoms with E-state index in [1.54, 1.807) is 23.7 Å². The number of aromatic nitrogens is 2. The lowest BCUT2D eigenvalue weighted by atomic mass is 10.1. The van der Waals surface area contributed by atoms with Gasteiger partial charge in [-0.2, -0.15) is 0 Å². The lowest BCUT2D eigenvalue weighted by Gasteiger charge is -2.08. The van der Waals surface area contributed by atoms with Crippen LogP contribution in [0.15, 0.2) is 53.7 Å². The van der Waals surface area contributed by atoms with E-state index in [1.165, 1.54) is 0 Å². The molecule has 0 bridgehead atoms. The summed E-state index contributed by atoms with van der Waals surface area (Å²) >= 11 is 1.62. The van der Waals surface area contributed by atoms with E-state index in [9.17, 15) is 4.79 Å². The lowest BCUT2D eigenvalue weighted by molar-refractivity contribution is -0.112. The van der Waals surface area contributed by atoms with Gasteiger partial charge in [-0.05, 0) is 42.1 Å². The largest absolute Gasteiger partial charge is 0.322 e. The van der Waals surface area contributed by atoms with Gasteiger partial charge in [-0.3, -0.25) is 14.8 Å². The van der Waals surface area contributed by atoms with Crippen LogP contribution in [0.4, 0.5) is 5.69 Å². The highest BCUT2D eigenvalue weighted by atomic mass is 32.1. The minimum Gasteiger partial charge on any atom is -0.322 e. The van der Waals surface area contributed by atoms with E-state index >= 15 is 0 Å². The summed E-state index contributed by atoms with van der Waals surface area (Å²) in [5, 5.41) is 4.93. The molecular weight excluding hydrogens is 294 g/mol. The highest BCUT2D eigenvalue weighted by Gasteiger charge is 2.09. The average molecular weight is 309 g/mol. The van der Waals surface area contributed by atoms with Gasteiger partial charge in [-0.1, -0.05) is 13.0 Å². The predicted octanol–water partition coefficient (Wildman–Crippen LogP) is 4.12. The number of anilines is 1. The van der Waals surface area contributed by atoms with Gasteiger partial charge in [0.25, 0.3) is 5.91 Å². The Hall–Kier alpha value is -2.53. The Morgan fingerprint density at radius 2 is 2.05 bits per heavy atom. The summed E-state index contributed by atoms with van der Waals surface area (Å²) in [7, 11) is 0. The molecule has 0 aliphatic heterocycles. The van der Waals surface area contributed by atoms with Crippen LogP contribution in [0.25, 0.3) is 17.1 Å². The first-order valence-corrected chi connectivity index (χ1v) is 7.90. The fourth-order valence-corrected chi connectivity index (χ4v) is 2.81. The first kappa shape index (κ1) is 14.4. The number of rotatable bonds is 4. The van der Waals surface area contributed by atoms with Crippen LogP contribution in [0.3, 0.4) is 0 Å². The second-order valence-electron chi connectivity index (χ2n) is 4.75. The van der Waals surface area contributed by atoms with E-state index in [0.717, 1.165) is 27.2 Å². The standard InChI is InChI=1S/C17H15N3OS/c1-2-12(10-14-4-3-9-22-14)17(21)20-13-5-6-15-16(11-13)19-8-7-18-15/h3-11H,2H2,1H3,(H,20,21). The Morgan fingerprint density at radius 1 is 1.23 bits per heavy atom. The number of amides is 1. The Labute approximate surface area is 132 Å². The molecule has 3 rings (SSSR count). The summed E-state index contributed by atoms with van der Waals surface area (Å²) in [4.78, 5) is 21.9. The molecule has 5 heteroatoms. The molecule has 0 aliphatic rings. The molecule has 0 spiro atoms. The Bertz CT molecular complexity index is 825. The molecule has 1 aromatic carbocycles. The van der Waals surface area contributed by atoms with Crippen LogP contribution in [0.2, 0.25) is 0 Å². The Morgan fingerprint density at radius 3 is 2.77 bits per heavy atom. The molecule has 0 saturated carbocycles. The number of nitrogens with one attached hydrogen (secondary N) is 1. The number of fused-ring (bicyclic) bond motifs is 1. The molecule has 4 nitrogen and oxygen atoms in total. The normalized spacial score (nSPS) is 11.6. The van der Waals surface area contributed by atoms with Gasteiger partial charge in [0.15, 0.2) is 0 Å². The van der Waals surface area contributed by atoms with Crippen LogP contribution in [0, 0.1) is 0 Å². The molecule has 0 saturated heterocycles. The number of carbonyl (C=O) groups excluding carboxylic acids is 1. The molecular formula is C17H15N3OS. The number of nitrogens with zero attached hydrogens (tertiary/aromatic N) is 2. The monoisotopic (exact) mass is 309 g/mol. The minimum absolute atomic E-state index is 0.0841. The SMILES string of the molecule is CCC(=Cc1cccs1)C(=O)Nc1ccc2nccnc2c1. The highest BCUT2D eigenvalue weighted by molar-refractivity contribution is 7.10. The number of thiophene rings is 1. The quantitative estimate of drug-likeness (QED) is 0.737. The van der Waals surface area contributed by atoms with E-state index < -0.39 is 0 Å². The van der Waals surface area contributed by atoms with E-state index in [1.807, 2.05) is 48.7 Å². The van der Waals surface area contributed by atoms with E-state index in [-0.39, 0.29) is 5.91 Å². The van der Waals surface area contributed by atoms with Crippen molar-refractivity contribution in [2.75, 3.05) is 5.32 Å². The van der Waals surface area contributed by atoms with Crippen molar-refractivity contribution in [1.29, 1.82) is 0 Å². The summed E-state index contributed by atoms with van der Waals surface area (Å²) in [5.41, 5.74) is 3.05. The van der Waals surface area contributed by atoms with Crippen molar-refractivity contribution in [3.8, 4) is 0 Å². The van der Waals surface area contributed by atoms with Gasteiger partial charge in [0.1, 0.15) is 0 Å². The van der Waals surface area contributed by atoms with Crippen molar-refractivity contribution >= 4 is 40.0 Å². The van der Waals surface area contributed by atoms with Crippen molar-refractivity contribution in [2.45, 2.75) is 13.3 Å². The predicted molar refractivity (Wildman–Crippen MR) is 90.8 cm³/mol. The zero-order chi connectivity index (χ0) is 15.4. The third-order valence-corrected chi connectivity index (χ3v) is 4.08. The van der Waals surface area contributed by atoms with E-state index in [4.69, 9.17) is 0 Å². The third-order valence-electron chi connectivity index (χ3n) is 3.26. The second kappa shape index (κ2) is 6.49. The summed E-state index contributed by atoms with van der Waals surface area (Å²) in [5.74, 6) is -0.0841. The van der Waals surface area contributed by atoms with Gasteiger partial charge >= 0.3 is 0 Å². The summed E-state index contributed by atoms with van der Waals surface area (Å²) in [6.07, 6.45) is 5.90. The van der Waals surface area contributed by atoms with Gasteiger partial charge in [0.2, 0.25) is 0 Å². The number of hydrogen-bond acceptors (Lipinski definition) is 4. The first-order chi connectivity index (χ1) is 10.8. The summed E-state index contributed by atoms with van der Waals surface area (Å²) in [6.45, 7) is 1.98. The van der Waals surface area contributed by atoms with E-state index in [0.29, 0.717) is 6.42 Å². The molecule has 2 heterocycles. The van der Waals surface area contributed by atoms with Crippen molar-refractivity contribution in [2.24, 2.45) is 0 Å². The van der Waals surface area contributed by atoms with Gasteiger partial charge in [-0.25, -0.2) is 0 Å². The fraction of sp³-hybridized carbons (Fsp3) is 0.118. The maximum atomic E-state index is 12.4. The molecule has 0 atom stereocenters. The topological polar surface area (TPSA) is 54.9 Å². The molecule has 22 heavy (non-hydrogen) atoms. The van der Waals surface area contributed by atoms with E-state index in [2.05, 4.69) is 15.3 Å². The van der Waals surface area contributed by atoms with Gasteiger partial charge in [0.05, 0.1) is 11.0 Å². The van der Waals surface area contributed by atoms with Crippen LogP contribution in [0.5, 0.6) is 0 Å². The molecule has 0 aliphatic carbocycles. The summed E-state index contributed by atoms with van der Waals surface area (Å²) < 4.78 is 0. The lowest BCUT2D eigenvalue weighted by Crippen LogP contribution is -2.13. The number of benzene rings is 1. The molecule has 1 amide bonds. The molecule has 0 fully saturated rings. The smallest absolute Gasteiger partial charge is 0.251 e. The molecule has 0 unspecified atom stereocenters. The van der Waals surface area contributed by atoms with Crippen LogP contribution in [-0.4, -0.2) is 15.9 Å². The second-order valence-corrected chi connectivity index (χ2v) is 5.73. The van der Waals surface area contributed by atoms with Crippen LogP contribution in [-0.2, 0) is 4.79 Å². The average Bonchev–Trinajstić information content (AvgIpc) is 3.05. The van der Waals surface area contributed by atoms with Crippen molar-refractivity contribution in [1.82, 2.24) is 9.97 Å². The zero-order valence-electron chi connectivity index (χ0n) is 12.1. The van der Waals surface area contributed by atoms with Gasteiger partial charge < -0.3 is 5.32 Å². The van der Waals surface area contributed by atoms with Crippen LogP contribution in [0.1, 0.15) is 18.2 Å². The summed E-state index contributed by atoms with van der Waals surface area (Å²) in [6, 6.07) is 9.50. The Balaban J connectivity index is 1.82. The van der Waals surface area contributed by atoms with Crippen LogP contribution >= 0.6 is 11.3 Å². The number of hydrogen-bond donors (Lipinski definition) is 1. The first-order valence-electron chi connectivity index (χ1n) is 7.02. The van der Waals surface area contributed by atoms with Crippen molar-refractivity contribution < 1.29 is 4.79 Å². The zero-order valence-corrected chi connectivity index (χ0v) is 12.9. The fourth-order valence-electron chi connectivity index (χ4n) is 2.13. The van der Waals surface area contributed by atoms with Crippen LogP contribution < -0.4 is 5.32 Å². The molecule has 3 aromatic rings. The third kappa shape index (κ3) is 3.20. The van der Waals surface area contributed by atoms with Crippen molar-refractivity contribution in [3.63, 3.8) is 0 Å². The van der Waals surface area contributed by atoms with Crippen molar-refractivity contribution in [3.05, 3.63) is 58.6 Å². The molecule has 2 aromatic heterocycles. The highest BCUT2D eigenvalue weighted by Crippen LogP contribution is 2.19. The van der Waals surface area contributed by atoms with Gasteiger partial charge in [-0.15, -0.1) is 11.3 Å². The molecule has 110 valence electrons. The number of carbonyl (C=O) groups is 1. The molecule has 0 radical (unpaired) electrons. The maximum absolute atomic E-state index is 12.4. The minimum atomic E-state index is -0.0841. The maximum Gasteiger partial charge on any atom is 0.251 e.